The highest BCUT2D eigenvalue weighted by molar-refractivity contribution is 5.96. The van der Waals surface area contributed by atoms with Gasteiger partial charge in [-0.1, -0.05) is 12.1 Å². The van der Waals surface area contributed by atoms with Gasteiger partial charge in [0.25, 0.3) is 5.91 Å². The minimum atomic E-state index is -0.829. The van der Waals surface area contributed by atoms with Gasteiger partial charge in [-0.15, -0.1) is 0 Å². The van der Waals surface area contributed by atoms with Crippen molar-refractivity contribution in [3.8, 4) is 34.3 Å². The molecule has 0 saturated heterocycles. The van der Waals surface area contributed by atoms with Crippen molar-refractivity contribution in [3.05, 3.63) is 42.5 Å². The zero-order valence-corrected chi connectivity index (χ0v) is 15.2. The number of rotatable bonds is 5. The summed E-state index contributed by atoms with van der Waals surface area (Å²) in [7, 11) is 3.08. The third-order valence-corrected chi connectivity index (χ3v) is 4.19. The van der Waals surface area contributed by atoms with Crippen LogP contribution in [-0.2, 0) is 4.79 Å². The first-order valence-electron chi connectivity index (χ1n) is 8.44. The molecule has 0 unspecified atom stereocenters. The average Bonchev–Trinajstić information content (AvgIpc) is 3.20. The van der Waals surface area contributed by atoms with Crippen molar-refractivity contribution < 1.29 is 28.4 Å². The summed E-state index contributed by atoms with van der Waals surface area (Å²) in [6.07, 6.45) is -0.829. The molecular weight excluding hydrogens is 366 g/mol. The number of hydrogen-bond acceptors (Lipinski definition) is 8. The number of fused-ring (bicyclic) bond motifs is 1. The van der Waals surface area contributed by atoms with E-state index in [1.54, 1.807) is 43.5 Å². The molecule has 1 amide bonds. The average molecular weight is 383 g/mol. The highest BCUT2D eigenvalue weighted by atomic mass is 16.6. The molecule has 0 fully saturated rings. The lowest BCUT2D eigenvalue weighted by atomic mass is 10.1. The van der Waals surface area contributed by atoms with Gasteiger partial charge in [-0.05, 0) is 40.6 Å². The zero-order valence-electron chi connectivity index (χ0n) is 15.2. The number of para-hydroxylation sites is 2. The molecule has 4 rings (SSSR count). The number of methoxy groups -OCH3 is 2. The summed E-state index contributed by atoms with van der Waals surface area (Å²) in [6, 6.07) is 12.3. The molecule has 1 atom stereocenters. The van der Waals surface area contributed by atoms with Crippen molar-refractivity contribution in [2.75, 3.05) is 26.1 Å². The number of anilines is 1. The molecule has 0 bridgehead atoms. The first kappa shape index (κ1) is 17.7. The summed E-state index contributed by atoms with van der Waals surface area (Å²) in [4.78, 5) is 12.6. The third-order valence-electron chi connectivity index (χ3n) is 4.19. The molecule has 1 N–H and O–H groups in total. The fourth-order valence-electron chi connectivity index (χ4n) is 2.79. The van der Waals surface area contributed by atoms with Gasteiger partial charge in [0.2, 0.25) is 11.9 Å². The summed E-state index contributed by atoms with van der Waals surface area (Å²) in [5.74, 6) is 1.93. The molecule has 0 spiro atoms. The van der Waals surface area contributed by atoms with E-state index in [0.29, 0.717) is 34.3 Å². The second kappa shape index (κ2) is 7.47. The van der Waals surface area contributed by atoms with Crippen LogP contribution in [0.4, 0.5) is 5.82 Å². The van der Waals surface area contributed by atoms with Crippen LogP contribution in [0.25, 0.3) is 11.3 Å². The molecule has 1 aliphatic rings. The van der Waals surface area contributed by atoms with Crippen LogP contribution in [0, 0.1) is 0 Å². The largest absolute Gasteiger partial charge is 0.493 e. The van der Waals surface area contributed by atoms with E-state index < -0.39 is 12.0 Å². The summed E-state index contributed by atoms with van der Waals surface area (Å²) in [5.41, 5.74) is 0.992. The van der Waals surface area contributed by atoms with Crippen LogP contribution < -0.4 is 24.3 Å². The van der Waals surface area contributed by atoms with Crippen molar-refractivity contribution in [3.63, 3.8) is 0 Å². The maximum absolute atomic E-state index is 12.6. The van der Waals surface area contributed by atoms with Crippen LogP contribution in [0.15, 0.2) is 47.1 Å². The van der Waals surface area contributed by atoms with Gasteiger partial charge in [0.15, 0.2) is 28.7 Å². The minimum absolute atomic E-state index is 0.0832. The summed E-state index contributed by atoms with van der Waals surface area (Å²) in [5, 5.41) is 10.3. The van der Waals surface area contributed by atoms with E-state index in [1.165, 1.54) is 7.11 Å². The Morgan fingerprint density at radius 1 is 1.07 bits per heavy atom. The molecule has 2 heterocycles. The molecule has 28 heavy (non-hydrogen) atoms. The van der Waals surface area contributed by atoms with E-state index >= 15 is 0 Å². The van der Waals surface area contributed by atoms with Gasteiger partial charge in [0, 0.05) is 5.56 Å². The number of carbonyl (C=O) groups excluding carboxylic acids is 1. The number of carbonyl (C=O) groups is 1. The van der Waals surface area contributed by atoms with E-state index in [4.69, 9.17) is 23.6 Å². The highest BCUT2D eigenvalue weighted by Gasteiger charge is 2.29. The summed E-state index contributed by atoms with van der Waals surface area (Å²) < 4.78 is 26.6. The van der Waals surface area contributed by atoms with Crippen molar-refractivity contribution in [2.45, 2.75) is 6.10 Å². The quantitative estimate of drug-likeness (QED) is 0.717. The molecule has 1 aromatic heterocycles. The summed E-state index contributed by atoms with van der Waals surface area (Å²) in [6.45, 7) is 0.0832. The molecule has 9 heteroatoms. The third kappa shape index (κ3) is 3.29. The smallest absolute Gasteiger partial charge is 0.270 e. The molecule has 9 nitrogen and oxygen atoms in total. The van der Waals surface area contributed by atoms with E-state index in [9.17, 15) is 4.79 Å². The SMILES string of the molecule is COc1ccc(-c2nonc2NC(=O)[C@H]2COc3ccccc3O2)cc1OC. The Labute approximate surface area is 160 Å². The Morgan fingerprint density at radius 2 is 1.86 bits per heavy atom. The number of ether oxygens (including phenoxy) is 4. The van der Waals surface area contributed by atoms with Gasteiger partial charge >= 0.3 is 0 Å². The van der Waals surface area contributed by atoms with Gasteiger partial charge in [0.05, 0.1) is 14.2 Å². The van der Waals surface area contributed by atoms with E-state index in [0.717, 1.165) is 0 Å². The van der Waals surface area contributed by atoms with Crippen LogP contribution in [0.3, 0.4) is 0 Å². The second-order valence-corrected chi connectivity index (χ2v) is 5.88. The zero-order chi connectivity index (χ0) is 19.5. The number of amides is 1. The molecular formula is C19H17N3O6. The molecule has 144 valence electrons. The Hall–Kier alpha value is -3.75. The molecule has 3 aromatic rings. The maximum atomic E-state index is 12.6. The van der Waals surface area contributed by atoms with Crippen molar-refractivity contribution in [1.29, 1.82) is 0 Å². The van der Waals surface area contributed by atoms with Gasteiger partial charge in [-0.25, -0.2) is 4.63 Å². The summed E-state index contributed by atoms with van der Waals surface area (Å²) >= 11 is 0. The normalized spacial score (nSPS) is 15.0. The van der Waals surface area contributed by atoms with E-state index in [2.05, 4.69) is 15.6 Å². The Bertz CT molecular complexity index is 1000. The lowest BCUT2D eigenvalue weighted by molar-refractivity contribution is -0.125. The van der Waals surface area contributed by atoms with Crippen LogP contribution in [-0.4, -0.2) is 43.2 Å². The molecule has 2 aromatic carbocycles. The lowest BCUT2D eigenvalue weighted by Crippen LogP contribution is -2.40. The number of hydrogen-bond donors (Lipinski definition) is 1. The van der Waals surface area contributed by atoms with Crippen LogP contribution in [0.5, 0.6) is 23.0 Å². The number of aromatic nitrogens is 2. The fraction of sp³-hybridized carbons (Fsp3) is 0.211. The van der Waals surface area contributed by atoms with E-state index in [-0.39, 0.29) is 12.4 Å². The first-order chi connectivity index (χ1) is 13.7. The van der Waals surface area contributed by atoms with Crippen molar-refractivity contribution >= 4 is 11.7 Å². The highest BCUT2D eigenvalue weighted by Crippen LogP contribution is 2.34. The fourth-order valence-corrected chi connectivity index (χ4v) is 2.79. The standard InChI is InChI=1S/C19H17N3O6/c1-24-12-8-7-11(9-15(12)25-2)17-18(22-28-21-17)20-19(23)16-10-26-13-5-3-4-6-14(13)27-16/h3-9,16H,10H2,1-2H3,(H,20,22,23)/t16-/m1/s1. The number of nitrogens with one attached hydrogen (secondary N) is 1. The maximum Gasteiger partial charge on any atom is 0.270 e. The number of nitrogens with zero attached hydrogens (tertiary/aromatic N) is 2. The minimum Gasteiger partial charge on any atom is -0.493 e. The Morgan fingerprint density at radius 3 is 2.64 bits per heavy atom. The topological polar surface area (TPSA) is 105 Å². The molecule has 0 aliphatic carbocycles. The lowest BCUT2D eigenvalue weighted by Gasteiger charge is -2.25. The number of benzene rings is 2. The second-order valence-electron chi connectivity index (χ2n) is 5.88. The monoisotopic (exact) mass is 383 g/mol. The van der Waals surface area contributed by atoms with Crippen molar-refractivity contribution in [2.24, 2.45) is 0 Å². The Kier molecular flexibility index (Phi) is 4.71. The van der Waals surface area contributed by atoms with E-state index in [1.807, 2.05) is 6.07 Å². The van der Waals surface area contributed by atoms with Crippen LogP contribution in [0.2, 0.25) is 0 Å². The predicted octanol–water partition coefficient (Wildman–Crippen LogP) is 2.53. The van der Waals surface area contributed by atoms with Crippen molar-refractivity contribution in [1.82, 2.24) is 10.3 Å². The van der Waals surface area contributed by atoms with Crippen LogP contribution >= 0.6 is 0 Å². The van der Waals surface area contributed by atoms with Crippen LogP contribution in [0.1, 0.15) is 0 Å². The molecule has 1 aliphatic heterocycles. The molecule has 0 saturated carbocycles. The van der Waals surface area contributed by atoms with Gasteiger partial charge in [-0.2, -0.15) is 0 Å². The predicted molar refractivity (Wildman–Crippen MR) is 97.8 cm³/mol. The molecule has 0 radical (unpaired) electrons. The Balaban J connectivity index is 1.53. The first-order valence-corrected chi connectivity index (χ1v) is 8.44. The van der Waals surface area contributed by atoms with Gasteiger partial charge in [-0.3, -0.25) is 4.79 Å². The van der Waals surface area contributed by atoms with Gasteiger partial charge in [0.1, 0.15) is 6.61 Å². The van der Waals surface area contributed by atoms with Gasteiger partial charge < -0.3 is 24.3 Å².